The first-order valence-corrected chi connectivity index (χ1v) is 10.3. The van der Waals surface area contributed by atoms with Crippen molar-refractivity contribution in [1.82, 2.24) is 0 Å². The van der Waals surface area contributed by atoms with Gasteiger partial charge in [-0.05, 0) is 35.5 Å². The minimum Gasteiger partial charge on any atom is -0.458 e. The molecule has 0 radical (unpaired) electrons. The minimum atomic E-state index is -1.66. The first-order chi connectivity index (χ1) is 9.70. The summed E-state index contributed by atoms with van der Waals surface area (Å²) in [6, 6.07) is 0. The van der Waals surface area contributed by atoms with Crippen molar-refractivity contribution in [2.45, 2.75) is 84.0 Å². The average molecular weight is 307 g/mol. The fourth-order valence-electron chi connectivity index (χ4n) is 3.72. The molecule has 0 bridgehead atoms. The lowest BCUT2D eigenvalue weighted by Gasteiger charge is -2.38. The van der Waals surface area contributed by atoms with Crippen LogP contribution in [0.15, 0.2) is 11.6 Å². The number of hydrogen-bond acceptors (Lipinski definition) is 2. The van der Waals surface area contributed by atoms with E-state index in [4.69, 9.17) is 4.74 Å². The molecule has 0 spiro atoms. The van der Waals surface area contributed by atoms with Crippen LogP contribution in [0, 0.1) is 11.5 Å². The molecular formula is C18H30O2Si. The molecule has 1 rings (SSSR count). The second-order valence-corrected chi connectivity index (χ2v) is 12.6. The highest BCUT2D eigenvalue weighted by atomic mass is 28.3. The quantitative estimate of drug-likeness (QED) is 0.421. The SMILES string of the molecule is CC(=O)O[C@H]1C=C(C#C[Si](C(C)C)(C(C)C)C(C)C)CC1. The molecule has 1 atom stereocenters. The summed E-state index contributed by atoms with van der Waals surface area (Å²) in [4.78, 5) is 11.0. The van der Waals surface area contributed by atoms with Crippen LogP contribution in [-0.4, -0.2) is 20.1 Å². The van der Waals surface area contributed by atoms with Crippen molar-refractivity contribution in [3.63, 3.8) is 0 Å². The fourth-order valence-corrected chi connectivity index (χ4v) is 8.96. The van der Waals surface area contributed by atoms with E-state index in [1.807, 2.05) is 6.08 Å². The van der Waals surface area contributed by atoms with E-state index < -0.39 is 8.07 Å². The van der Waals surface area contributed by atoms with E-state index in [0.29, 0.717) is 16.6 Å². The van der Waals surface area contributed by atoms with Crippen LogP contribution in [0.5, 0.6) is 0 Å². The molecule has 1 aliphatic carbocycles. The second-order valence-electron chi connectivity index (χ2n) is 7.03. The van der Waals surface area contributed by atoms with E-state index in [-0.39, 0.29) is 12.1 Å². The van der Waals surface area contributed by atoms with Gasteiger partial charge in [0.25, 0.3) is 0 Å². The third-order valence-electron chi connectivity index (χ3n) is 4.71. The minimum absolute atomic E-state index is 0.0694. The van der Waals surface area contributed by atoms with Gasteiger partial charge in [-0.25, -0.2) is 0 Å². The predicted molar refractivity (Wildman–Crippen MR) is 91.7 cm³/mol. The van der Waals surface area contributed by atoms with Crippen molar-refractivity contribution < 1.29 is 9.53 Å². The zero-order valence-corrected chi connectivity index (χ0v) is 15.6. The molecule has 0 saturated heterocycles. The molecule has 0 heterocycles. The van der Waals surface area contributed by atoms with Gasteiger partial charge in [0.15, 0.2) is 0 Å². The van der Waals surface area contributed by atoms with Crippen molar-refractivity contribution in [3.05, 3.63) is 11.6 Å². The van der Waals surface area contributed by atoms with Crippen LogP contribution in [0.4, 0.5) is 0 Å². The number of carbonyl (C=O) groups excluding carboxylic acids is 1. The first kappa shape index (κ1) is 18.0. The molecule has 0 aromatic rings. The van der Waals surface area contributed by atoms with Crippen molar-refractivity contribution in [1.29, 1.82) is 0 Å². The maximum atomic E-state index is 11.0. The molecular weight excluding hydrogens is 276 g/mol. The number of ether oxygens (including phenoxy) is 1. The van der Waals surface area contributed by atoms with Crippen LogP contribution in [0.2, 0.25) is 16.6 Å². The van der Waals surface area contributed by atoms with Crippen molar-refractivity contribution in [2.24, 2.45) is 0 Å². The summed E-state index contributed by atoms with van der Waals surface area (Å²) in [6.45, 7) is 15.4. The topological polar surface area (TPSA) is 26.3 Å². The van der Waals surface area contributed by atoms with Gasteiger partial charge in [0.2, 0.25) is 0 Å². The molecule has 2 nitrogen and oxygen atoms in total. The Morgan fingerprint density at radius 3 is 2.14 bits per heavy atom. The maximum absolute atomic E-state index is 11.0. The van der Waals surface area contributed by atoms with Crippen LogP contribution < -0.4 is 0 Å². The molecule has 21 heavy (non-hydrogen) atoms. The maximum Gasteiger partial charge on any atom is 0.303 e. The smallest absolute Gasteiger partial charge is 0.303 e. The molecule has 0 saturated carbocycles. The monoisotopic (exact) mass is 306 g/mol. The Hall–Kier alpha value is -1.01. The molecule has 3 heteroatoms. The molecule has 1 aliphatic rings. The van der Waals surface area contributed by atoms with Crippen LogP contribution in [0.25, 0.3) is 0 Å². The van der Waals surface area contributed by atoms with Gasteiger partial charge in [-0.3, -0.25) is 4.79 Å². The van der Waals surface area contributed by atoms with Gasteiger partial charge in [-0.2, -0.15) is 0 Å². The van der Waals surface area contributed by atoms with Crippen molar-refractivity contribution >= 4 is 14.0 Å². The molecule has 118 valence electrons. The molecule has 0 aliphatic heterocycles. The van der Waals surface area contributed by atoms with Gasteiger partial charge >= 0.3 is 5.97 Å². The van der Waals surface area contributed by atoms with Crippen LogP contribution in [0.3, 0.4) is 0 Å². The van der Waals surface area contributed by atoms with Crippen LogP contribution >= 0.6 is 0 Å². The van der Waals surface area contributed by atoms with E-state index in [1.54, 1.807) is 0 Å². The van der Waals surface area contributed by atoms with Crippen LogP contribution in [0.1, 0.15) is 61.3 Å². The predicted octanol–water partition coefficient (Wildman–Crippen LogP) is 4.86. The zero-order valence-electron chi connectivity index (χ0n) is 14.6. The lowest BCUT2D eigenvalue weighted by atomic mass is 10.2. The van der Waals surface area contributed by atoms with Crippen LogP contribution in [-0.2, 0) is 9.53 Å². The van der Waals surface area contributed by atoms with Gasteiger partial charge in [0.1, 0.15) is 14.2 Å². The molecule has 0 amide bonds. The number of allylic oxidation sites excluding steroid dienone is 1. The van der Waals surface area contributed by atoms with E-state index in [9.17, 15) is 4.79 Å². The first-order valence-electron chi connectivity index (χ1n) is 8.11. The third-order valence-corrected chi connectivity index (χ3v) is 11.0. The summed E-state index contributed by atoms with van der Waals surface area (Å²) in [7, 11) is -1.66. The van der Waals surface area contributed by atoms with E-state index in [2.05, 4.69) is 53.0 Å². The summed E-state index contributed by atoms with van der Waals surface area (Å²) in [6.07, 6.45) is 3.78. The van der Waals surface area contributed by atoms with Crippen molar-refractivity contribution in [2.75, 3.05) is 0 Å². The Morgan fingerprint density at radius 1 is 1.19 bits per heavy atom. The summed E-state index contributed by atoms with van der Waals surface area (Å²) in [5.41, 5.74) is 6.83. The number of hydrogen-bond donors (Lipinski definition) is 0. The van der Waals surface area contributed by atoms with Crippen molar-refractivity contribution in [3.8, 4) is 11.5 Å². The summed E-state index contributed by atoms with van der Waals surface area (Å²) < 4.78 is 5.24. The van der Waals surface area contributed by atoms with Gasteiger partial charge < -0.3 is 4.74 Å². The highest BCUT2D eigenvalue weighted by Gasteiger charge is 2.41. The lowest BCUT2D eigenvalue weighted by molar-refractivity contribution is -0.144. The molecule has 0 aromatic heterocycles. The standard InChI is InChI=1S/C18H30O2Si/c1-13(2)21(14(3)4,15(5)6)11-10-17-8-9-18(12-17)20-16(7)19/h12-15,18H,8-9H2,1-7H3/t18-/m1/s1. The number of carbonyl (C=O) groups is 1. The van der Waals surface area contributed by atoms with E-state index in [0.717, 1.165) is 18.4 Å². The summed E-state index contributed by atoms with van der Waals surface area (Å²) in [5, 5.41) is 0. The highest BCUT2D eigenvalue weighted by molar-refractivity contribution is 6.90. The Kier molecular flexibility index (Phi) is 6.28. The Morgan fingerprint density at radius 2 is 1.71 bits per heavy atom. The number of rotatable bonds is 4. The van der Waals surface area contributed by atoms with Gasteiger partial charge in [0.05, 0.1) is 0 Å². The molecule has 0 unspecified atom stereocenters. The van der Waals surface area contributed by atoms with Gasteiger partial charge in [-0.1, -0.05) is 47.5 Å². The normalized spacial score (nSPS) is 18.8. The Bertz CT molecular complexity index is 442. The zero-order chi connectivity index (χ0) is 16.2. The third kappa shape index (κ3) is 4.23. The Labute approximate surface area is 131 Å². The summed E-state index contributed by atoms with van der Waals surface area (Å²) >= 11 is 0. The average Bonchev–Trinajstić information content (AvgIpc) is 2.75. The van der Waals surface area contributed by atoms with E-state index in [1.165, 1.54) is 6.92 Å². The number of esters is 1. The Balaban J connectivity index is 2.99. The molecule has 0 N–H and O–H groups in total. The highest BCUT2D eigenvalue weighted by Crippen LogP contribution is 2.40. The van der Waals surface area contributed by atoms with Gasteiger partial charge in [-0.15, -0.1) is 5.54 Å². The molecule has 0 aromatic carbocycles. The summed E-state index contributed by atoms with van der Waals surface area (Å²) in [5.74, 6) is 3.24. The lowest BCUT2D eigenvalue weighted by Crippen LogP contribution is -2.43. The van der Waals surface area contributed by atoms with E-state index >= 15 is 0 Å². The molecule has 0 fully saturated rings. The largest absolute Gasteiger partial charge is 0.458 e. The fraction of sp³-hybridized carbons (Fsp3) is 0.722. The second kappa shape index (κ2) is 7.31. The van der Waals surface area contributed by atoms with Gasteiger partial charge in [0, 0.05) is 12.5 Å².